The molecule has 0 atom stereocenters. The van der Waals surface area contributed by atoms with Gasteiger partial charge in [0.1, 0.15) is 0 Å². The molecule has 2 N–H and O–H groups in total. The zero-order valence-corrected chi connectivity index (χ0v) is 13.4. The first-order valence-corrected chi connectivity index (χ1v) is 7.61. The smallest absolute Gasteiger partial charge is 0.337 e. The van der Waals surface area contributed by atoms with Crippen molar-refractivity contribution in [3.05, 3.63) is 28.2 Å². The predicted molar refractivity (Wildman–Crippen MR) is 83.8 cm³/mol. The molecular formula is C14H18BrN3O3. The molecule has 0 unspecified atom stereocenters. The van der Waals surface area contributed by atoms with Crippen molar-refractivity contribution >= 4 is 33.6 Å². The average molecular weight is 356 g/mol. The molecule has 1 heterocycles. The van der Waals surface area contributed by atoms with Crippen LogP contribution in [0.4, 0.5) is 10.5 Å². The summed E-state index contributed by atoms with van der Waals surface area (Å²) in [5.41, 5.74) is 0.388. The van der Waals surface area contributed by atoms with E-state index in [1.165, 1.54) is 6.07 Å². The van der Waals surface area contributed by atoms with Crippen LogP contribution in [0.5, 0.6) is 0 Å². The Labute approximate surface area is 131 Å². The number of carbonyl (C=O) groups excluding carboxylic acids is 1. The molecule has 114 valence electrons. The minimum Gasteiger partial charge on any atom is -0.478 e. The van der Waals surface area contributed by atoms with Gasteiger partial charge in [-0.3, -0.25) is 0 Å². The summed E-state index contributed by atoms with van der Waals surface area (Å²) in [6.07, 6.45) is 0. The second-order valence-corrected chi connectivity index (χ2v) is 5.76. The van der Waals surface area contributed by atoms with Crippen molar-refractivity contribution in [3.8, 4) is 0 Å². The number of carboxylic acids is 1. The van der Waals surface area contributed by atoms with Gasteiger partial charge in [-0.15, -0.1) is 0 Å². The van der Waals surface area contributed by atoms with Crippen LogP contribution in [0.25, 0.3) is 0 Å². The second-order valence-electron chi connectivity index (χ2n) is 4.85. The summed E-state index contributed by atoms with van der Waals surface area (Å²) in [5.74, 6) is -1.06. The molecule has 1 aromatic rings. The Bertz CT molecular complexity index is 542. The van der Waals surface area contributed by atoms with Gasteiger partial charge in [-0.1, -0.05) is 22.9 Å². The third-order valence-electron chi connectivity index (χ3n) is 3.56. The number of hydrogen-bond donors (Lipinski definition) is 2. The average Bonchev–Trinajstić information content (AvgIpc) is 2.47. The molecule has 0 aromatic heterocycles. The maximum Gasteiger partial charge on any atom is 0.337 e. The number of nitrogens with one attached hydrogen (secondary N) is 1. The van der Waals surface area contributed by atoms with Crippen LogP contribution in [0.1, 0.15) is 17.3 Å². The van der Waals surface area contributed by atoms with E-state index in [1.54, 1.807) is 17.0 Å². The van der Waals surface area contributed by atoms with E-state index in [-0.39, 0.29) is 11.6 Å². The lowest BCUT2D eigenvalue weighted by molar-refractivity contribution is 0.0698. The number of nitrogens with zero attached hydrogens (tertiary/aromatic N) is 2. The number of likely N-dealkylation sites (N-methyl/N-ethyl adjacent to an activating group) is 1. The SMILES string of the molecule is CCN1CCN(C(=O)Nc2cc(Br)ccc2C(=O)O)CC1. The molecule has 2 rings (SSSR count). The fourth-order valence-electron chi connectivity index (χ4n) is 2.27. The van der Waals surface area contributed by atoms with Crippen molar-refractivity contribution in [2.75, 3.05) is 38.0 Å². The molecular weight excluding hydrogens is 338 g/mol. The van der Waals surface area contributed by atoms with Crippen molar-refractivity contribution in [2.45, 2.75) is 6.92 Å². The molecule has 1 saturated heterocycles. The van der Waals surface area contributed by atoms with Gasteiger partial charge in [0.2, 0.25) is 0 Å². The van der Waals surface area contributed by atoms with Crippen molar-refractivity contribution in [1.82, 2.24) is 9.80 Å². The Hall–Kier alpha value is -1.60. The monoisotopic (exact) mass is 355 g/mol. The van der Waals surface area contributed by atoms with Crippen LogP contribution in [0.2, 0.25) is 0 Å². The third-order valence-corrected chi connectivity index (χ3v) is 4.05. The molecule has 1 fully saturated rings. The van der Waals surface area contributed by atoms with Crippen LogP contribution in [0.15, 0.2) is 22.7 Å². The van der Waals surface area contributed by atoms with E-state index < -0.39 is 5.97 Å². The van der Waals surface area contributed by atoms with Crippen molar-refractivity contribution in [1.29, 1.82) is 0 Å². The van der Waals surface area contributed by atoms with Gasteiger partial charge in [-0.2, -0.15) is 0 Å². The molecule has 1 aliphatic heterocycles. The standard InChI is InChI=1S/C14H18BrN3O3/c1-2-17-5-7-18(8-6-17)14(21)16-12-9-10(15)3-4-11(12)13(19)20/h3-4,9H,2,5-8H2,1H3,(H,16,21)(H,19,20). The Morgan fingerprint density at radius 3 is 2.52 bits per heavy atom. The Morgan fingerprint density at radius 2 is 1.95 bits per heavy atom. The normalized spacial score (nSPS) is 15.8. The fourth-order valence-corrected chi connectivity index (χ4v) is 2.63. The third kappa shape index (κ3) is 3.95. The number of aromatic carboxylic acids is 1. The van der Waals surface area contributed by atoms with E-state index >= 15 is 0 Å². The summed E-state index contributed by atoms with van der Waals surface area (Å²) in [6, 6.07) is 4.45. The van der Waals surface area contributed by atoms with E-state index in [0.717, 1.165) is 24.1 Å². The number of benzene rings is 1. The number of hydrogen-bond acceptors (Lipinski definition) is 3. The van der Waals surface area contributed by atoms with Gasteiger partial charge in [0, 0.05) is 30.7 Å². The van der Waals surface area contributed by atoms with Gasteiger partial charge in [-0.25, -0.2) is 9.59 Å². The quantitative estimate of drug-likeness (QED) is 0.872. The van der Waals surface area contributed by atoms with Gasteiger partial charge in [0.05, 0.1) is 11.3 Å². The Kier molecular flexibility index (Phi) is 5.19. The molecule has 21 heavy (non-hydrogen) atoms. The van der Waals surface area contributed by atoms with Crippen LogP contribution in [0, 0.1) is 0 Å². The molecule has 7 heteroatoms. The lowest BCUT2D eigenvalue weighted by Crippen LogP contribution is -2.49. The van der Waals surface area contributed by atoms with Crippen LogP contribution in [-0.4, -0.2) is 59.6 Å². The van der Waals surface area contributed by atoms with Crippen LogP contribution >= 0.6 is 15.9 Å². The van der Waals surface area contributed by atoms with E-state index in [2.05, 4.69) is 33.1 Å². The zero-order chi connectivity index (χ0) is 15.4. The summed E-state index contributed by atoms with van der Waals surface area (Å²) in [7, 11) is 0. The molecule has 0 aliphatic carbocycles. The summed E-state index contributed by atoms with van der Waals surface area (Å²) in [5, 5.41) is 11.9. The first-order valence-electron chi connectivity index (χ1n) is 6.82. The van der Waals surface area contributed by atoms with E-state index in [0.29, 0.717) is 18.8 Å². The highest BCUT2D eigenvalue weighted by molar-refractivity contribution is 9.10. The van der Waals surface area contributed by atoms with E-state index in [4.69, 9.17) is 5.11 Å². The molecule has 6 nitrogen and oxygen atoms in total. The lowest BCUT2D eigenvalue weighted by Gasteiger charge is -2.34. The molecule has 1 aromatic carbocycles. The molecule has 0 bridgehead atoms. The molecule has 0 spiro atoms. The van der Waals surface area contributed by atoms with Crippen LogP contribution in [-0.2, 0) is 0 Å². The number of piperazine rings is 1. The maximum absolute atomic E-state index is 12.2. The summed E-state index contributed by atoms with van der Waals surface area (Å²) < 4.78 is 0.721. The van der Waals surface area contributed by atoms with Crippen molar-refractivity contribution in [3.63, 3.8) is 0 Å². The lowest BCUT2D eigenvalue weighted by atomic mass is 10.2. The highest BCUT2D eigenvalue weighted by Crippen LogP contribution is 2.22. The number of amides is 2. The van der Waals surface area contributed by atoms with Gasteiger partial charge in [0.25, 0.3) is 0 Å². The number of halogens is 1. The molecule has 0 radical (unpaired) electrons. The summed E-state index contributed by atoms with van der Waals surface area (Å²) in [6.45, 7) is 6.05. The molecule has 2 amide bonds. The van der Waals surface area contributed by atoms with E-state index in [1.807, 2.05) is 0 Å². The van der Waals surface area contributed by atoms with Gasteiger partial charge >= 0.3 is 12.0 Å². The molecule has 0 saturated carbocycles. The minimum atomic E-state index is -1.06. The first kappa shape index (κ1) is 15.8. The summed E-state index contributed by atoms with van der Waals surface area (Å²) >= 11 is 3.28. The largest absolute Gasteiger partial charge is 0.478 e. The van der Waals surface area contributed by atoms with Crippen LogP contribution < -0.4 is 5.32 Å². The fraction of sp³-hybridized carbons (Fsp3) is 0.429. The summed E-state index contributed by atoms with van der Waals surface area (Å²) in [4.78, 5) is 27.4. The Morgan fingerprint density at radius 1 is 1.29 bits per heavy atom. The second kappa shape index (κ2) is 6.91. The topological polar surface area (TPSA) is 72.9 Å². The van der Waals surface area contributed by atoms with Gasteiger partial charge in [-0.05, 0) is 24.7 Å². The number of anilines is 1. The number of carbonyl (C=O) groups is 2. The van der Waals surface area contributed by atoms with Crippen LogP contribution in [0.3, 0.4) is 0 Å². The zero-order valence-electron chi connectivity index (χ0n) is 11.8. The van der Waals surface area contributed by atoms with E-state index in [9.17, 15) is 9.59 Å². The first-order chi connectivity index (χ1) is 10.0. The number of rotatable bonds is 3. The molecule has 1 aliphatic rings. The maximum atomic E-state index is 12.2. The van der Waals surface area contributed by atoms with Gasteiger partial charge < -0.3 is 20.2 Å². The minimum absolute atomic E-state index is 0.0822. The predicted octanol–water partition coefficient (Wildman–Crippen LogP) is 2.32. The number of urea groups is 1. The van der Waals surface area contributed by atoms with Crippen molar-refractivity contribution < 1.29 is 14.7 Å². The highest BCUT2D eigenvalue weighted by atomic mass is 79.9. The highest BCUT2D eigenvalue weighted by Gasteiger charge is 2.21. The van der Waals surface area contributed by atoms with Crippen molar-refractivity contribution in [2.24, 2.45) is 0 Å². The number of carboxylic acid groups (broad SMARTS) is 1. The Balaban J connectivity index is 2.06. The van der Waals surface area contributed by atoms with Gasteiger partial charge in [0.15, 0.2) is 0 Å².